The topological polar surface area (TPSA) is 57.0 Å². The third-order valence-electron chi connectivity index (χ3n) is 2.34. The van der Waals surface area contributed by atoms with Crippen molar-refractivity contribution >= 4 is 21.8 Å². The van der Waals surface area contributed by atoms with Gasteiger partial charge < -0.3 is 4.90 Å². The van der Waals surface area contributed by atoms with E-state index in [4.69, 9.17) is 5.26 Å². The van der Waals surface area contributed by atoms with E-state index in [1.165, 1.54) is 6.20 Å². The number of nitrogens with zero attached hydrogens (tertiary/aromatic N) is 3. The number of hydrogen-bond donors (Lipinski definition) is 0. The summed E-state index contributed by atoms with van der Waals surface area (Å²) < 4.78 is 0.771. The first-order chi connectivity index (χ1) is 8.08. The lowest BCUT2D eigenvalue weighted by Crippen LogP contribution is -2.34. The molecule has 0 saturated carbocycles. The predicted octanol–water partition coefficient (Wildman–Crippen LogP) is 2.47. The van der Waals surface area contributed by atoms with Gasteiger partial charge in [0.1, 0.15) is 0 Å². The van der Waals surface area contributed by atoms with Crippen molar-refractivity contribution in [2.75, 3.05) is 13.1 Å². The molecule has 0 aliphatic rings. The van der Waals surface area contributed by atoms with Crippen LogP contribution in [0.25, 0.3) is 0 Å². The van der Waals surface area contributed by atoms with Gasteiger partial charge in [-0.3, -0.25) is 9.78 Å². The van der Waals surface area contributed by atoms with Gasteiger partial charge in [0.15, 0.2) is 0 Å². The Morgan fingerprint density at radius 2 is 2.35 bits per heavy atom. The van der Waals surface area contributed by atoms with Crippen molar-refractivity contribution in [2.45, 2.75) is 13.8 Å². The molecule has 0 spiro atoms. The molecule has 0 saturated heterocycles. The zero-order valence-corrected chi connectivity index (χ0v) is 11.4. The van der Waals surface area contributed by atoms with Crippen LogP contribution in [0.4, 0.5) is 0 Å². The van der Waals surface area contributed by atoms with Crippen LogP contribution in [0, 0.1) is 17.2 Å². The fourth-order valence-electron chi connectivity index (χ4n) is 1.44. The highest BCUT2D eigenvalue weighted by atomic mass is 79.9. The first kappa shape index (κ1) is 13.7. The number of carbonyl (C=O) groups is 1. The normalized spacial score (nSPS) is 11.6. The summed E-state index contributed by atoms with van der Waals surface area (Å²) >= 11 is 3.28. The maximum absolute atomic E-state index is 12.1. The number of carbonyl (C=O) groups excluding carboxylic acids is 1. The Labute approximate surface area is 109 Å². The van der Waals surface area contributed by atoms with Gasteiger partial charge in [0.2, 0.25) is 0 Å². The van der Waals surface area contributed by atoms with Gasteiger partial charge in [-0.1, -0.05) is 0 Å². The van der Waals surface area contributed by atoms with Crippen LogP contribution >= 0.6 is 15.9 Å². The Bertz CT molecular complexity index is 442. The molecule has 0 bridgehead atoms. The van der Waals surface area contributed by atoms with Gasteiger partial charge in [-0.25, -0.2) is 0 Å². The number of pyridine rings is 1. The number of rotatable bonds is 4. The van der Waals surface area contributed by atoms with E-state index in [9.17, 15) is 4.79 Å². The van der Waals surface area contributed by atoms with E-state index >= 15 is 0 Å². The Morgan fingerprint density at radius 1 is 1.65 bits per heavy atom. The van der Waals surface area contributed by atoms with Crippen molar-refractivity contribution in [2.24, 2.45) is 5.92 Å². The predicted molar refractivity (Wildman–Crippen MR) is 68.3 cm³/mol. The third kappa shape index (κ3) is 3.82. The van der Waals surface area contributed by atoms with Crippen molar-refractivity contribution in [1.82, 2.24) is 9.88 Å². The number of amides is 1. The van der Waals surface area contributed by atoms with Crippen LogP contribution in [-0.4, -0.2) is 28.9 Å². The lowest BCUT2D eigenvalue weighted by molar-refractivity contribution is 0.0752. The molecule has 0 aromatic carbocycles. The van der Waals surface area contributed by atoms with Crippen LogP contribution in [-0.2, 0) is 0 Å². The summed E-state index contributed by atoms with van der Waals surface area (Å²) in [6.07, 6.45) is 3.16. The fraction of sp³-hybridized carbons (Fsp3) is 0.417. The quantitative estimate of drug-likeness (QED) is 0.857. The van der Waals surface area contributed by atoms with Crippen molar-refractivity contribution in [3.8, 4) is 6.07 Å². The number of nitriles is 1. The Kier molecular flexibility index (Phi) is 5.11. The highest BCUT2D eigenvalue weighted by molar-refractivity contribution is 9.10. The second kappa shape index (κ2) is 6.36. The number of aromatic nitrogens is 1. The molecule has 0 aliphatic carbocycles. The molecule has 1 atom stereocenters. The molecule has 1 aromatic rings. The molecule has 17 heavy (non-hydrogen) atoms. The van der Waals surface area contributed by atoms with Crippen LogP contribution in [0.1, 0.15) is 24.2 Å². The van der Waals surface area contributed by atoms with Crippen LogP contribution in [0.3, 0.4) is 0 Å². The molecule has 1 rings (SSSR count). The summed E-state index contributed by atoms with van der Waals surface area (Å²) in [5.41, 5.74) is 0.534. The second-order valence-electron chi connectivity index (χ2n) is 3.77. The van der Waals surface area contributed by atoms with Crippen molar-refractivity contribution < 1.29 is 4.79 Å². The average molecular weight is 296 g/mol. The minimum Gasteiger partial charge on any atom is -0.338 e. The lowest BCUT2D eigenvalue weighted by atomic mass is 10.1. The van der Waals surface area contributed by atoms with E-state index in [0.29, 0.717) is 18.7 Å². The summed E-state index contributed by atoms with van der Waals surface area (Å²) in [6.45, 7) is 4.72. The zero-order valence-electron chi connectivity index (χ0n) is 9.85. The first-order valence-electron chi connectivity index (χ1n) is 5.38. The van der Waals surface area contributed by atoms with Gasteiger partial charge in [-0.05, 0) is 35.8 Å². The minimum atomic E-state index is -0.168. The maximum Gasteiger partial charge on any atom is 0.255 e. The summed E-state index contributed by atoms with van der Waals surface area (Å²) in [6, 6.07) is 3.86. The van der Waals surface area contributed by atoms with Crippen LogP contribution in [0.5, 0.6) is 0 Å². The van der Waals surface area contributed by atoms with E-state index in [1.54, 1.807) is 24.1 Å². The lowest BCUT2D eigenvalue weighted by Gasteiger charge is -2.21. The largest absolute Gasteiger partial charge is 0.338 e. The van der Waals surface area contributed by atoms with E-state index in [0.717, 1.165) is 4.47 Å². The molecule has 0 N–H and O–H groups in total. The highest BCUT2D eigenvalue weighted by Crippen LogP contribution is 2.12. The monoisotopic (exact) mass is 295 g/mol. The summed E-state index contributed by atoms with van der Waals surface area (Å²) in [7, 11) is 0. The van der Waals surface area contributed by atoms with Crippen LogP contribution in [0.15, 0.2) is 22.9 Å². The van der Waals surface area contributed by atoms with Crippen LogP contribution < -0.4 is 0 Å². The molecule has 1 amide bonds. The van der Waals surface area contributed by atoms with Crippen molar-refractivity contribution in [3.63, 3.8) is 0 Å². The van der Waals surface area contributed by atoms with E-state index in [2.05, 4.69) is 27.0 Å². The molecule has 0 fully saturated rings. The summed E-state index contributed by atoms with van der Waals surface area (Å²) in [5.74, 6) is -0.262. The molecule has 5 heteroatoms. The number of halogens is 1. The van der Waals surface area contributed by atoms with Gasteiger partial charge in [0.25, 0.3) is 5.91 Å². The third-order valence-corrected chi connectivity index (χ3v) is 2.77. The molecular formula is C12H14BrN3O. The maximum atomic E-state index is 12.1. The smallest absolute Gasteiger partial charge is 0.255 e. The number of hydrogen-bond acceptors (Lipinski definition) is 3. The average Bonchev–Trinajstić information content (AvgIpc) is 2.34. The molecule has 1 aromatic heterocycles. The standard InChI is InChI=1S/C12H14BrN3O/c1-3-16(8-9(2)5-14)12(17)10-4-11(13)7-15-6-10/h4,6-7,9H,3,8H2,1-2H3. The zero-order chi connectivity index (χ0) is 12.8. The Hall–Kier alpha value is -1.41. The Morgan fingerprint density at radius 3 is 2.88 bits per heavy atom. The van der Waals surface area contributed by atoms with E-state index in [1.807, 2.05) is 6.92 Å². The molecule has 0 aliphatic heterocycles. The molecular weight excluding hydrogens is 282 g/mol. The molecule has 1 heterocycles. The Balaban J connectivity index is 2.83. The first-order valence-corrected chi connectivity index (χ1v) is 6.17. The van der Waals surface area contributed by atoms with Gasteiger partial charge in [0, 0.05) is 30.0 Å². The molecule has 1 unspecified atom stereocenters. The van der Waals surface area contributed by atoms with Gasteiger partial charge in [-0.2, -0.15) is 5.26 Å². The fourth-order valence-corrected chi connectivity index (χ4v) is 1.80. The van der Waals surface area contributed by atoms with E-state index in [-0.39, 0.29) is 11.8 Å². The second-order valence-corrected chi connectivity index (χ2v) is 4.68. The molecule has 0 radical (unpaired) electrons. The summed E-state index contributed by atoms with van der Waals surface area (Å²) in [5, 5.41) is 8.77. The molecule has 90 valence electrons. The van der Waals surface area contributed by atoms with Gasteiger partial charge in [0.05, 0.1) is 17.6 Å². The molecule has 4 nitrogen and oxygen atoms in total. The van der Waals surface area contributed by atoms with Gasteiger partial charge >= 0.3 is 0 Å². The van der Waals surface area contributed by atoms with Crippen molar-refractivity contribution in [3.05, 3.63) is 28.5 Å². The van der Waals surface area contributed by atoms with Crippen LogP contribution in [0.2, 0.25) is 0 Å². The van der Waals surface area contributed by atoms with Crippen molar-refractivity contribution in [1.29, 1.82) is 5.26 Å². The highest BCUT2D eigenvalue weighted by Gasteiger charge is 2.16. The SMILES string of the molecule is CCN(CC(C)C#N)C(=O)c1cncc(Br)c1. The van der Waals surface area contributed by atoms with E-state index < -0.39 is 0 Å². The van der Waals surface area contributed by atoms with Gasteiger partial charge in [-0.15, -0.1) is 0 Å². The summed E-state index contributed by atoms with van der Waals surface area (Å²) in [4.78, 5) is 17.7. The minimum absolute atomic E-state index is 0.0941.